The second-order valence-corrected chi connectivity index (χ2v) is 7.12. The monoisotopic (exact) mass is 409 g/mol. The molecule has 0 aliphatic rings. The molecule has 0 saturated heterocycles. The van der Waals surface area contributed by atoms with Crippen molar-refractivity contribution in [3.63, 3.8) is 0 Å². The first-order valence-corrected chi connectivity index (χ1v) is 9.70. The number of rotatable bonds is 7. The minimum Gasteiger partial charge on any atom is -0.325 e. The highest BCUT2D eigenvalue weighted by molar-refractivity contribution is 7.99. The summed E-state index contributed by atoms with van der Waals surface area (Å²) in [5.41, 5.74) is 2.06. The molecular formula is C20H16ClN5OS. The van der Waals surface area contributed by atoms with Crippen molar-refractivity contribution in [3.05, 3.63) is 71.8 Å². The highest BCUT2D eigenvalue weighted by atomic mass is 35.5. The SMILES string of the molecule is C=CCn1c(SCC(=O)Nc2ccc(C#N)cc2)nnc1-c1ccc(Cl)cc1. The molecule has 0 aliphatic heterocycles. The molecule has 6 nitrogen and oxygen atoms in total. The number of hydrogen-bond donors (Lipinski definition) is 1. The van der Waals surface area contributed by atoms with Gasteiger partial charge in [0.1, 0.15) is 0 Å². The molecule has 28 heavy (non-hydrogen) atoms. The Kier molecular flexibility index (Phi) is 6.48. The highest BCUT2D eigenvalue weighted by Gasteiger charge is 2.15. The number of halogens is 1. The first-order valence-electron chi connectivity index (χ1n) is 8.33. The number of benzene rings is 2. The lowest BCUT2D eigenvalue weighted by atomic mass is 10.2. The Hall–Kier alpha value is -3.08. The van der Waals surface area contributed by atoms with Gasteiger partial charge in [0, 0.05) is 22.8 Å². The molecule has 0 unspecified atom stereocenters. The number of carbonyl (C=O) groups is 1. The van der Waals surface area contributed by atoms with Crippen LogP contribution in [0.25, 0.3) is 11.4 Å². The van der Waals surface area contributed by atoms with Crippen LogP contribution in [0.4, 0.5) is 5.69 Å². The molecular weight excluding hydrogens is 394 g/mol. The van der Waals surface area contributed by atoms with Crippen molar-refractivity contribution in [1.29, 1.82) is 5.26 Å². The fourth-order valence-corrected chi connectivity index (χ4v) is 3.33. The average molecular weight is 410 g/mol. The van der Waals surface area contributed by atoms with E-state index in [1.54, 1.807) is 42.5 Å². The van der Waals surface area contributed by atoms with Crippen molar-refractivity contribution >= 4 is 35.0 Å². The van der Waals surface area contributed by atoms with Crippen LogP contribution < -0.4 is 5.32 Å². The van der Waals surface area contributed by atoms with E-state index in [1.165, 1.54) is 11.8 Å². The third-order valence-electron chi connectivity index (χ3n) is 3.76. The number of hydrogen-bond acceptors (Lipinski definition) is 5. The molecule has 2 aromatic carbocycles. The summed E-state index contributed by atoms with van der Waals surface area (Å²) in [4.78, 5) is 12.2. The maximum atomic E-state index is 12.2. The van der Waals surface area contributed by atoms with Crippen molar-refractivity contribution in [3.8, 4) is 17.5 Å². The summed E-state index contributed by atoms with van der Waals surface area (Å²) in [7, 11) is 0. The van der Waals surface area contributed by atoms with E-state index in [4.69, 9.17) is 16.9 Å². The van der Waals surface area contributed by atoms with Crippen LogP contribution in [0, 0.1) is 11.3 Å². The molecule has 3 rings (SSSR count). The van der Waals surface area contributed by atoms with Gasteiger partial charge in [0.25, 0.3) is 0 Å². The molecule has 3 aromatic rings. The summed E-state index contributed by atoms with van der Waals surface area (Å²) < 4.78 is 1.90. The third-order valence-corrected chi connectivity index (χ3v) is 4.98. The third kappa shape index (κ3) is 4.80. The van der Waals surface area contributed by atoms with Gasteiger partial charge >= 0.3 is 0 Å². The lowest BCUT2D eigenvalue weighted by Gasteiger charge is -2.08. The molecule has 140 valence electrons. The van der Waals surface area contributed by atoms with Gasteiger partial charge in [-0.15, -0.1) is 16.8 Å². The fourth-order valence-electron chi connectivity index (χ4n) is 2.46. The lowest BCUT2D eigenvalue weighted by Crippen LogP contribution is -2.14. The molecule has 1 heterocycles. The van der Waals surface area contributed by atoms with E-state index >= 15 is 0 Å². The number of allylic oxidation sites excluding steroid dienone is 1. The van der Waals surface area contributed by atoms with Crippen molar-refractivity contribution in [2.75, 3.05) is 11.1 Å². The molecule has 1 aromatic heterocycles. The molecule has 0 saturated carbocycles. The summed E-state index contributed by atoms with van der Waals surface area (Å²) in [5, 5.41) is 21.4. The van der Waals surface area contributed by atoms with E-state index in [9.17, 15) is 4.79 Å². The Morgan fingerprint density at radius 1 is 1.21 bits per heavy atom. The van der Waals surface area contributed by atoms with Gasteiger partial charge in [0.15, 0.2) is 11.0 Å². The minimum absolute atomic E-state index is 0.170. The van der Waals surface area contributed by atoms with Crippen LogP contribution in [0.3, 0.4) is 0 Å². The summed E-state index contributed by atoms with van der Waals surface area (Å²) in [6.45, 7) is 4.30. The van der Waals surface area contributed by atoms with Gasteiger partial charge in [-0.05, 0) is 48.5 Å². The predicted molar refractivity (Wildman–Crippen MR) is 111 cm³/mol. The van der Waals surface area contributed by atoms with Crippen LogP contribution in [0.15, 0.2) is 66.3 Å². The van der Waals surface area contributed by atoms with E-state index in [-0.39, 0.29) is 11.7 Å². The Morgan fingerprint density at radius 3 is 2.57 bits per heavy atom. The molecule has 8 heteroatoms. The maximum absolute atomic E-state index is 12.2. The molecule has 1 N–H and O–H groups in total. The maximum Gasteiger partial charge on any atom is 0.234 e. The second-order valence-electron chi connectivity index (χ2n) is 5.74. The van der Waals surface area contributed by atoms with Gasteiger partial charge in [0.05, 0.1) is 17.4 Å². The summed E-state index contributed by atoms with van der Waals surface area (Å²) >= 11 is 7.24. The topological polar surface area (TPSA) is 83.6 Å². The quantitative estimate of drug-likeness (QED) is 0.462. The number of aromatic nitrogens is 3. The van der Waals surface area contributed by atoms with E-state index < -0.39 is 0 Å². The van der Waals surface area contributed by atoms with Crippen LogP contribution >= 0.6 is 23.4 Å². The fraction of sp³-hybridized carbons (Fsp3) is 0.100. The number of anilines is 1. The highest BCUT2D eigenvalue weighted by Crippen LogP contribution is 2.25. The Morgan fingerprint density at radius 2 is 1.93 bits per heavy atom. The van der Waals surface area contributed by atoms with Gasteiger partial charge in [0.2, 0.25) is 5.91 Å². The summed E-state index contributed by atoms with van der Waals surface area (Å²) in [6.07, 6.45) is 1.75. The summed E-state index contributed by atoms with van der Waals surface area (Å²) in [6, 6.07) is 16.1. The van der Waals surface area contributed by atoms with E-state index in [0.717, 1.165) is 5.56 Å². The zero-order chi connectivity index (χ0) is 19.9. The normalized spacial score (nSPS) is 10.3. The van der Waals surface area contributed by atoms with Crippen LogP contribution in [0.5, 0.6) is 0 Å². The molecule has 0 spiro atoms. The lowest BCUT2D eigenvalue weighted by molar-refractivity contribution is -0.113. The molecule has 1 amide bonds. The van der Waals surface area contributed by atoms with Crippen LogP contribution in [0.1, 0.15) is 5.56 Å². The van der Waals surface area contributed by atoms with Crippen LogP contribution in [-0.2, 0) is 11.3 Å². The number of carbonyl (C=O) groups excluding carboxylic acids is 1. The zero-order valence-electron chi connectivity index (χ0n) is 14.8. The number of nitrogens with one attached hydrogen (secondary N) is 1. The zero-order valence-corrected chi connectivity index (χ0v) is 16.4. The number of nitrogens with zero attached hydrogens (tertiary/aromatic N) is 4. The van der Waals surface area contributed by atoms with Gasteiger partial charge in [-0.25, -0.2) is 0 Å². The molecule has 0 fully saturated rings. The van der Waals surface area contributed by atoms with Crippen LogP contribution in [0.2, 0.25) is 5.02 Å². The van der Waals surface area contributed by atoms with E-state index in [2.05, 4.69) is 22.1 Å². The molecule has 0 bridgehead atoms. The molecule has 0 atom stereocenters. The standard InChI is InChI=1S/C20H16ClN5OS/c1-2-11-26-19(15-5-7-16(21)8-6-15)24-25-20(26)28-13-18(27)23-17-9-3-14(12-22)4-10-17/h2-10H,1,11,13H2,(H,23,27). The van der Waals surface area contributed by atoms with E-state index in [1.807, 2.05) is 22.8 Å². The smallest absolute Gasteiger partial charge is 0.234 e. The van der Waals surface area contributed by atoms with Gasteiger partial charge < -0.3 is 5.32 Å². The number of amides is 1. The minimum atomic E-state index is -0.170. The summed E-state index contributed by atoms with van der Waals surface area (Å²) in [5.74, 6) is 0.693. The Labute approximate surface area is 171 Å². The first kappa shape index (κ1) is 19.7. The van der Waals surface area contributed by atoms with Crippen LogP contribution in [-0.4, -0.2) is 26.4 Å². The van der Waals surface area contributed by atoms with E-state index in [0.29, 0.717) is 33.8 Å². The van der Waals surface area contributed by atoms with Crippen molar-refractivity contribution < 1.29 is 4.79 Å². The van der Waals surface area contributed by atoms with Gasteiger partial charge in [-0.2, -0.15) is 5.26 Å². The number of nitriles is 1. The van der Waals surface area contributed by atoms with Crippen molar-refractivity contribution in [2.45, 2.75) is 11.7 Å². The average Bonchev–Trinajstić information content (AvgIpc) is 3.10. The first-order chi connectivity index (χ1) is 13.6. The van der Waals surface area contributed by atoms with Crippen molar-refractivity contribution in [1.82, 2.24) is 14.8 Å². The predicted octanol–water partition coefficient (Wildman–Crippen LogP) is 4.39. The van der Waals surface area contributed by atoms with Gasteiger partial charge in [-0.3, -0.25) is 9.36 Å². The Balaban J connectivity index is 1.69. The Bertz CT molecular complexity index is 1020. The van der Waals surface area contributed by atoms with Gasteiger partial charge in [-0.1, -0.05) is 29.4 Å². The molecule has 0 aliphatic carbocycles. The number of thioether (sulfide) groups is 1. The second kappa shape index (κ2) is 9.22. The van der Waals surface area contributed by atoms with Crippen molar-refractivity contribution in [2.24, 2.45) is 0 Å². The molecule has 0 radical (unpaired) electrons. The largest absolute Gasteiger partial charge is 0.325 e.